The topological polar surface area (TPSA) is 80.1 Å². The van der Waals surface area contributed by atoms with Gasteiger partial charge in [-0.25, -0.2) is 9.67 Å². The van der Waals surface area contributed by atoms with Crippen LogP contribution in [0.1, 0.15) is 26.7 Å². The minimum atomic E-state index is -0.131. The Kier molecular flexibility index (Phi) is 5.56. The molecule has 2 aromatic rings. The maximum absolute atomic E-state index is 12.7. The molecule has 0 bridgehead atoms. The van der Waals surface area contributed by atoms with Gasteiger partial charge in [-0.3, -0.25) is 9.59 Å². The lowest BCUT2D eigenvalue weighted by molar-refractivity contribution is -0.137. The molecular weight excluding hydrogens is 354 g/mol. The van der Waals surface area contributed by atoms with E-state index < -0.39 is 0 Å². The molecule has 1 aromatic carbocycles. The normalized spacial score (nSPS) is 15.3. The Bertz CT molecular complexity index is 783. The number of halogens is 1. The molecule has 0 atom stereocenters. The standard InChI is InChI=1S/C18H22ClN5O2/c1-12(2)18(26)23-7-5-13(6-8-23)17(25)22-15-9-14(19)3-4-16(15)24-11-20-10-21-24/h3-4,9-13H,5-8H2,1-2H3,(H,22,25). The molecule has 3 rings (SSSR count). The molecule has 26 heavy (non-hydrogen) atoms. The van der Waals surface area contributed by atoms with Gasteiger partial charge >= 0.3 is 0 Å². The van der Waals surface area contributed by atoms with Crippen molar-refractivity contribution in [3.63, 3.8) is 0 Å². The molecule has 0 aliphatic carbocycles. The van der Waals surface area contributed by atoms with Crippen molar-refractivity contribution in [1.82, 2.24) is 19.7 Å². The van der Waals surface area contributed by atoms with Crippen LogP contribution in [0.4, 0.5) is 5.69 Å². The molecule has 1 aliphatic rings. The number of carbonyl (C=O) groups is 2. The minimum Gasteiger partial charge on any atom is -0.342 e. The number of amides is 2. The summed E-state index contributed by atoms with van der Waals surface area (Å²) in [7, 11) is 0. The van der Waals surface area contributed by atoms with E-state index in [1.165, 1.54) is 6.33 Å². The first-order valence-corrected chi connectivity index (χ1v) is 9.07. The lowest BCUT2D eigenvalue weighted by atomic mass is 9.95. The Morgan fingerprint density at radius 2 is 2.00 bits per heavy atom. The molecule has 1 aromatic heterocycles. The van der Waals surface area contributed by atoms with E-state index in [0.29, 0.717) is 42.3 Å². The first-order valence-electron chi connectivity index (χ1n) is 8.70. The smallest absolute Gasteiger partial charge is 0.227 e. The van der Waals surface area contributed by atoms with E-state index in [1.54, 1.807) is 29.2 Å². The number of carbonyl (C=O) groups excluding carboxylic acids is 2. The molecule has 1 aliphatic heterocycles. The number of nitrogens with one attached hydrogen (secondary N) is 1. The quantitative estimate of drug-likeness (QED) is 0.891. The fraction of sp³-hybridized carbons (Fsp3) is 0.444. The second kappa shape index (κ2) is 7.86. The van der Waals surface area contributed by atoms with Crippen molar-refractivity contribution < 1.29 is 9.59 Å². The molecule has 2 amide bonds. The number of nitrogens with zero attached hydrogens (tertiary/aromatic N) is 4. The zero-order chi connectivity index (χ0) is 18.7. The molecular formula is C18H22ClN5O2. The number of anilines is 1. The molecule has 1 N–H and O–H groups in total. The van der Waals surface area contributed by atoms with Crippen molar-refractivity contribution in [3.8, 4) is 5.69 Å². The predicted octanol–water partition coefficient (Wildman–Crippen LogP) is 2.75. The third-order valence-electron chi connectivity index (χ3n) is 4.55. The second-order valence-corrected chi connectivity index (χ2v) is 7.18. The van der Waals surface area contributed by atoms with Crippen LogP contribution in [0, 0.1) is 11.8 Å². The summed E-state index contributed by atoms with van der Waals surface area (Å²) in [6.45, 7) is 5.01. The van der Waals surface area contributed by atoms with Crippen molar-refractivity contribution in [2.24, 2.45) is 11.8 Å². The number of rotatable bonds is 4. The van der Waals surface area contributed by atoms with Crippen molar-refractivity contribution in [3.05, 3.63) is 35.9 Å². The van der Waals surface area contributed by atoms with Crippen LogP contribution in [0.2, 0.25) is 5.02 Å². The monoisotopic (exact) mass is 375 g/mol. The molecule has 0 spiro atoms. The summed E-state index contributed by atoms with van der Waals surface area (Å²) < 4.78 is 1.58. The van der Waals surface area contributed by atoms with E-state index in [1.807, 2.05) is 18.7 Å². The average molecular weight is 376 g/mol. The third-order valence-corrected chi connectivity index (χ3v) is 4.79. The number of aromatic nitrogens is 3. The molecule has 7 nitrogen and oxygen atoms in total. The summed E-state index contributed by atoms with van der Waals surface area (Å²) >= 11 is 6.09. The number of hydrogen-bond donors (Lipinski definition) is 1. The van der Waals surface area contributed by atoms with E-state index in [9.17, 15) is 9.59 Å². The van der Waals surface area contributed by atoms with Gasteiger partial charge in [0.15, 0.2) is 0 Å². The van der Waals surface area contributed by atoms with E-state index in [2.05, 4.69) is 15.4 Å². The SMILES string of the molecule is CC(C)C(=O)N1CCC(C(=O)Nc2cc(Cl)ccc2-n2cncn2)CC1. The summed E-state index contributed by atoms with van der Waals surface area (Å²) in [5.41, 5.74) is 1.29. The lowest BCUT2D eigenvalue weighted by Gasteiger charge is -2.32. The Hall–Kier alpha value is -2.41. The van der Waals surface area contributed by atoms with Gasteiger partial charge in [0.05, 0.1) is 11.4 Å². The summed E-state index contributed by atoms with van der Waals surface area (Å²) in [6, 6.07) is 5.23. The van der Waals surface area contributed by atoms with Gasteiger partial charge in [-0.2, -0.15) is 5.10 Å². The fourth-order valence-electron chi connectivity index (χ4n) is 3.10. The van der Waals surface area contributed by atoms with Crippen molar-refractivity contribution in [2.45, 2.75) is 26.7 Å². The zero-order valence-corrected chi connectivity index (χ0v) is 15.6. The summed E-state index contributed by atoms with van der Waals surface area (Å²) in [4.78, 5) is 30.6. The number of benzene rings is 1. The van der Waals surface area contributed by atoms with Gasteiger partial charge < -0.3 is 10.2 Å². The highest BCUT2D eigenvalue weighted by molar-refractivity contribution is 6.31. The summed E-state index contributed by atoms with van der Waals surface area (Å²) in [5, 5.41) is 7.60. The van der Waals surface area contributed by atoms with Crippen LogP contribution in [-0.4, -0.2) is 44.6 Å². The number of piperidine rings is 1. The van der Waals surface area contributed by atoms with Gasteiger partial charge in [0, 0.05) is 29.9 Å². The first-order chi connectivity index (χ1) is 12.5. The van der Waals surface area contributed by atoms with Crippen LogP contribution in [0.15, 0.2) is 30.9 Å². The first kappa shape index (κ1) is 18.4. The second-order valence-electron chi connectivity index (χ2n) is 6.75. The van der Waals surface area contributed by atoms with Crippen LogP contribution in [0.5, 0.6) is 0 Å². The Morgan fingerprint density at radius 3 is 2.62 bits per heavy atom. The number of likely N-dealkylation sites (tertiary alicyclic amines) is 1. The zero-order valence-electron chi connectivity index (χ0n) is 14.9. The van der Waals surface area contributed by atoms with Crippen LogP contribution in [0.25, 0.3) is 5.69 Å². The molecule has 1 saturated heterocycles. The van der Waals surface area contributed by atoms with E-state index >= 15 is 0 Å². The highest BCUT2D eigenvalue weighted by atomic mass is 35.5. The molecule has 0 saturated carbocycles. The van der Waals surface area contributed by atoms with Gasteiger partial charge in [0.25, 0.3) is 0 Å². The van der Waals surface area contributed by atoms with E-state index in [-0.39, 0.29) is 23.7 Å². The highest BCUT2D eigenvalue weighted by Crippen LogP contribution is 2.26. The number of hydrogen-bond acceptors (Lipinski definition) is 4. The molecule has 0 unspecified atom stereocenters. The molecule has 138 valence electrons. The highest BCUT2D eigenvalue weighted by Gasteiger charge is 2.28. The lowest BCUT2D eigenvalue weighted by Crippen LogP contribution is -2.43. The Morgan fingerprint density at radius 1 is 1.27 bits per heavy atom. The van der Waals surface area contributed by atoms with Gasteiger partial charge in [0.1, 0.15) is 12.7 Å². The Labute approximate surface area is 157 Å². The maximum Gasteiger partial charge on any atom is 0.227 e. The van der Waals surface area contributed by atoms with Crippen molar-refractivity contribution >= 4 is 29.1 Å². The van der Waals surface area contributed by atoms with Crippen LogP contribution in [-0.2, 0) is 9.59 Å². The average Bonchev–Trinajstić information content (AvgIpc) is 3.15. The third kappa shape index (κ3) is 4.04. The molecule has 0 radical (unpaired) electrons. The van der Waals surface area contributed by atoms with Crippen LogP contribution in [0.3, 0.4) is 0 Å². The minimum absolute atomic E-state index is 0.0166. The Balaban J connectivity index is 1.68. The van der Waals surface area contributed by atoms with Gasteiger partial charge in [0.2, 0.25) is 11.8 Å². The molecule has 1 fully saturated rings. The predicted molar refractivity (Wildman–Crippen MR) is 99.1 cm³/mol. The molecule has 8 heteroatoms. The summed E-state index contributed by atoms with van der Waals surface area (Å²) in [5.74, 6) is -0.0664. The van der Waals surface area contributed by atoms with E-state index in [4.69, 9.17) is 11.6 Å². The molecule has 2 heterocycles. The van der Waals surface area contributed by atoms with Crippen molar-refractivity contribution in [1.29, 1.82) is 0 Å². The van der Waals surface area contributed by atoms with Gasteiger partial charge in [-0.1, -0.05) is 25.4 Å². The van der Waals surface area contributed by atoms with Gasteiger partial charge in [-0.15, -0.1) is 0 Å². The van der Waals surface area contributed by atoms with Crippen molar-refractivity contribution in [2.75, 3.05) is 18.4 Å². The van der Waals surface area contributed by atoms with Gasteiger partial charge in [-0.05, 0) is 31.0 Å². The van der Waals surface area contributed by atoms with Crippen LogP contribution < -0.4 is 5.32 Å². The largest absolute Gasteiger partial charge is 0.342 e. The summed E-state index contributed by atoms with van der Waals surface area (Å²) in [6.07, 6.45) is 4.31. The van der Waals surface area contributed by atoms with E-state index in [0.717, 1.165) is 0 Å². The maximum atomic E-state index is 12.7. The van der Waals surface area contributed by atoms with Crippen LogP contribution >= 0.6 is 11.6 Å². The fourth-order valence-corrected chi connectivity index (χ4v) is 3.27.